The van der Waals surface area contributed by atoms with Crippen LogP contribution < -0.4 is 21.3 Å². The Balaban J connectivity index is 0.773. The first kappa shape index (κ1) is 41.7. The number of hydrogen-bond acceptors (Lipinski definition) is 15. The first-order valence-electron chi connectivity index (χ1n) is 19.5. The minimum absolute atomic E-state index is 0.228. The summed E-state index contributed by atoms with van der Waals surface area (Å²) in [5, 5.41) is 17.6. The Labute approximate surface area is 345 Å². The number of amides is 1. The fourth-order valence-electron chi connectivity index (χ4n) is 6.13. The van der Waals surface area contributed by atoms with Gasteiger partial charge in [-0.2, -0.15) is 5.10 Å². The van der Waals surface area contributed by atoms with Crippen molar-refractivity contribution in [2.24, 2.45) is 7.05 Å². The van der Waals surface area contributed by atoms with E-state index in [9.17, 15) is 4.79 Å². The van der Waals surface area contributed by atoms with E-state index in [4.69, 9.17) is 55.0 Å². The second-order valence-corrected chi connectivity index (χ2v) is 13.8. The molecule has 7 rings (SSSR count). The molecule has 1 aliphatic rings. The Morgan fingerprint density at radius 1 is 0.949 bits per heavy atom. The summed E-state index contributed by atoms with van der Waals surface area (Å²) in [6.45, 7) is 6.93. The Bertz CT molecular complexity index is 2230. The van der Waals surface area contributed by atoms with E-state index in [1.807, 2.05) is 60.3 Å². The number of aromatic nitrogens is 8. The Kier molecular flexibility index (Phi) is 15.2. The van der Waals surface area contributed by atoms with E-state index < -0.39 is 6.09 Å². The quantitative estimate of drug-likeness (QED) is 0.0583. The van der Waals surface area contributed by atoms with Crippen LogP contribution in [-0.2, 0) is 48.6 Å². The molecule has 0 bridgehead atoms. The topological polar surface area (TPSA) is 211 Å². The SMILES string of the molecule is Cn1cc(-n2cnc3c(NCc4nc5cc(Cl)c(NCCOCCOCCOCCOCCNC(=O)OCc6ccccc6)cc5[nH]4)nc(C4CNCCO4)nc32)cn1. The van der Waals surface area contributed by atoms with Crippen molar-refractivity contribution in [3.05, 3.63) is 83.4 Å². The molecule has 1 saturated heterocycles. The van der Waals surface area contributed by atoms with Crippen LogP contribution in [0.1, 0.15) is 23.3 Å². The average Bonchev–Trinajstić information content (AvgIpc) is 4.00. The molecule has 0 spiro atoms. The van der Waals surface area contributed by atoms with Gasteiger partial charge in [0.05, 0.1) is 99.6 Å². The fraction of sp³-hybridized carbons (Fsp3) is 0.436. The van der Waals surface area contributed by atoms with Gasteiger partial charge in [-0.3, -0.25) is 9.25 Å². The van der Waals surface area contributed by atoms with Crippen LogP contribution >= 0.6 is 11.6 Å². The highest BCUT2D eigenvalue weighted by atomic mass is 35.5. The lowest BCUT2D eigenvalue weighted by Gasteiger charge is -2.22. The molecule has 314 valence electrons. The summed E-state index contributed by atoms with van der Waals surface area (Å²) in [5.74, 6) is 1.84. The van der Waals surface area contributed by atoms with Crippen LogP contribution in [0, 0.1) is 0 Å². The first-order valence-corrected chi connectivity index (χ1v) is 19.9. The Hall–Kier alpha value is -5.41. The van der Waals surface area contributed by atoms with Crippen LogP contribution in [0.2, 0.25) is 5.02 Å². The number of nitrogens with one attached hydrogen (secondary N) is 5. The minimum atomic E-state index is -0.477. The maximum absolute atomic E-state index is 11.7. The molecule has 1 unspecified atom stereocenters. The molecule has 1 aliphatic heterocycles. The van der Waals surface area contributed by atoms with Gasteiger partial charge in [-0.15, -0.1) is 0 Å². The standard InChI is InChI=1S/C39H49ClN12O7/c1-51-24-28(21-46-51)52-26-45-35-37(49-36(50-38(35)52)33-22-41-7-12-58-33)44-23-34-47-31-19-29(40)30(20-32(31)48-34)42-8-10-54-13-15-56-17-18-57-16-14-55-11-9-43-39(53)59-25-27-5-3-2-4-6-27/h2-6,19-21,24,26,33,41-42H,7-18,22-23,25H2,1H3,(H,43,53)(H,47,48)(H,44,49,50). The summed E-state index contributed by atoms with van der Waals surface area (Å²) < 4.78 is 37.1. The fourth-order valence-corrected chi connectivity index (χ4v) is 6.35. The second-order valence-electron chi connectivity index (χ2n) is 13.4. The summed E-state index contributed by atoms with van der Waals surface area (Å²) in [5.41, 5.74) is 5.38. The third-order valence-corrected chi connectivity index (χ3v) is 9.36. The van der Waals surface area contributed by atoms with Crippen molar-refractivity contribution in [1.29, 1.82) is 0 Å². The number of alkyl carbamates (subject to hydrolysis) is 1. The van der Waals surface area contributed by atoms with E-state index in [0.717, 1.165) is 34.5 Å². The van der Waals surface area contributed by atoms with Crippen molar-refractivity contribution in [2.45, 2.75) is 19.3 Å². The van der Waals surface area contributed by atoms with Crippen LogP contribution in [0.5, 0.6) is 0 Å². The van der Waals surface area contributed by atoms with Gasteiger partial charge in [-0.1, -0.05) is 41.9 Å². The molecule has 1 atom stereocenters. The third kappa shape index (κ3) is 12.1. The zero-order valence-corrected chi connectivity index (χ0v) is 33.6. The molecular formula is C39H49ClN12O7. The molecule has 0 radical (unpaired) electrons. The summed E-state index contributed by atoms with van der Waals surface area (Å²) >= 11 is 6.62. The van der Waals surface area contributed by atoms with Crippen LogP contribution in [0.4, 0.5) is 16.3 Å². The number of nitrogens with zero attached hydrogens (tertiary/aromatic N) is 7. The number of benzene rings is 2. The second kappa shape index (κ2) is 21.6. The van der Waals surface area contributed by atoms with E-state index in [0.29, 0.717) is 119 Å². The largest absolute Gasteiger partial charge is 0.445 e. The molecule has 59 heavy (non-hydrogen) atoms. The van der Waals surface area contributed by atoms with Gasteiger partial charge in [0.15, 0.2) is 22.8 Å². The number of carbonyl (C=O) groups is 1. The highest BCUT2D eigenvalue weighted by molar-refractivity contribution is 6.34. The molecule has 19 nitrogen and oxygen atoms in total. The number of carbonyl (C=O) groups excluding carboxylic acids is 1. The van der Waals surface area contributed by atoms with Crippen molar-refractivity contribution < 1.29 is 33.2 Å². The van der Waals surface area contributed by atoms with Gasteiger partial charge < -0.3 is 54.7 Å². The molecule has 1 fully saturated rings. The smallest absolute Gasteiger partial charge is 0.407 e. The summed E-state index contributed by atoms with van der Waals surface area (Å²) in [6.07, 6.45) is 4.62. The zero-order chi connectivity index (χ0) is 40.7. The lowest BCUT2D eigenvalue weighted by Crippen LogP contribution is -2.34. The number of aromatic amines is 1. The van der Waals surface area contributed by atoms with Crippen LogP contribution in [-0.4, -0.2) is 131 Å². The number of fused-ring (bicyclic) bond motifs is 2. The minimum Gasteiger partial charge on any atom is -0.445 e. The number of anilines is 2. The van der Waals surface area contributed by atoms with Crippen LogP contribution in [0.25, 0.3) is 27.9 Å². The van der Waals surface area contributed by atoms with E-state index in [2.05, 4.69) is 36.3 Å². The van der Waals surface area contributed by atoms with E-state index in [1.165, 1.54) is 0 Å². The molecule has 5 heterocycles. The Morgan fingerprint density at radius 3 is 2.44 bits per heavy atom. The van der Waals surface area contributed by atoms with Gasteiger partial charge >= 0.3 is 6.09 Å². The molecule has 1 amide bonds. The van der Waals surface area contributed by atoms with Crippen molar-refractivity contribution in [3.8, 4) is 5.69 Å². The number of morpholine rings is 1. The number of H-pyrrole nitrogens is 1. The van der Waals surface area contributed by atoms with Gasteiger partial charge in [0.1, 0.15) is 24.9 Å². The molecule has 2 aromatic carbocycles. The van der Waals surface area contributed by atoms with Gasteiger partial charge in [-0.05, 0) is 17.7 Å². The monoisotopic (exact) mass is 832 g/mol. The molecule has 0 aliphatic carbocycles. The molecular weight excluding hydrogens is 784 g/mol. The van der Waals surface area contributed by atoms with Gasteiger partial charge in [0.2, 0.25) is 0 Å². The van der Waals surface area contributed by atoms with Crippen LogP contribution in [0.15, 0.2) is 61.2 Å². The maximum atomic E-state index is 11.7. The van der Waals surface area contributed by atoms with Gasteiger partial charge in [0.25, 0.3) is 0 Å². The van der Waals surface area contributed by atoms with E-state index in [1.54, 1.807) is 17.2 Å². The summed E-state index contributed by atoms with van der Waals surface area (Å²) in [4.78, 5) is 34.2. The lowest BCUT2D eigenvalue weighted by atomic mass is 10.2. The average molecular weight is 833 g/mol. The summed E-state index contributed by atoms with van der Waals surface area (Å²) in [7, 11) is 1.87. The number of rotatable bonds is 23. The highest BCUT2D eigenvalue weighted by Gasteiger charge is 2.23. The van der Waals surface area contributed by atoms with Crippen molar-refractivity contribution in [2.75, 3.05) is 96.3 Å². The zero-order valence-electron chi connectivity index (χ0n) is 32.8. The normalized spacial score (nSPS) is 14.2. The third-order valence-electron chi connectivity index (χ3n) is 9.05. The van der Waals surface area contributed by atoms with Gasteiger partial charge in [-0.25, -0.2) is 24.7 Å². The Morgan fingerprint density at radius 2 is 1.71 bits per heavy atom. The first-order chi connectivity index (χ1) is 29.0. The number of imidazole rings is 2. The molecule has 20 heteroatoms. The predicted molar refractivity (Wildman–Crippen MR) is 220 cm³/mol. The summed E-state index contributed by atoms with van der Waals surface area (Å²) in [6, 6.07) is 13.3. The van der Waals surface area contributed by atoms with E-state index >= 15 is 0 Å². The number of aryl methyl sites for hydroxylation is 1. The van der Waals surface area contributed by atoms with Crippen LogP contribution in [0.3, 0.4) is 0 Å². The number of ether oxygens (including phenoxy) is 6. The lowest BCUT2D eigenvalue weighted by molar-refractivity contribution is -0.000432. The molecule has 0 saturated carbocycles. The molecule has 5 N–H and O–H groups in total. The van der Waals surface area contributed by atoms with Crippen molar-refractivity contribution >= 4 is 51.4 Å². The predicted octanol–water partition coefficient (Wildman–Crippen LogP) is 3.76. The highest BCUT2D eigenvalue weighted by Crippen LogP contribution is 2.29. The number of hydrogen-bond donors (Lipinski definition) is 5. The van der Waals surface area contributed by atoms with Gasteiger partial charge in [0, 0.05) is 39.4 Å². The van der Waals surface area contributed by atoms with E-state index in [-0.39, 0.29) is 12.7 Å². The molecule has 4 aromatic heterocycles. The number of halogens is 1. The van der Waals surface area contributed by atoms with Crippen molar-refractivity contribution in [3.63, 3.8) is 0 Å². The maximum Gasteiger partial charge on any atom is 0.407 e. The van der Waals surface area contributed by atoms with Crippen molar-refractivity contribution in [1.82, 2.24) is 49.9 Å². The molecule has 6 aromatic rings.